The summed E-state index contributed by atoms with van der Waals surface area (Å²) in [4.78, 5) is 18.9. The third kappa shape index (κ3) is 3.97. The van der Waals surface area contributed by atoms with E-state index in [1.165, 1.54) is 19.3 Å². The standard InChI is InChI=1S/C18H30N4O2/c1-13-7-4-5-9-17(13)24-12-18(23)21-10-6-8-16(11-21)22-15(3)19-14(2)20-22/h13,16-17H,4-12H2,1-3H3/t13-,16-,17+/m1/s1. The molecule has 1 aliphatic heterocycles. The Labute approximate surface area is 144 Å². The van der Waals surface area contributed by atoms with Gasteiger partial charge in [-0.15, -0.1) is 0 Å². The van der Waals surface area contributed by atoms with Gasteiger partial charge in [0.25, 0.3) is 0 Å². The maximum absolute atomic E-state index is 12.6. The van der Waals surface area contributed by atoms with Crippen molar-refractivity contribution in [3.63, 3.8) is 0 Å². The number of likely N-dealkylation sites (tertiary alicyclic amines) is 1. The van der Waals surface area contributed by atoms with Crippen molar-refractivity contribution in [1.82, 2.24) is 19.7 Å². The highest BCUT2D eigenvalue weighted by Gasteiger charge is 2.28. The number of aromatic nitrogens is 3. The number of ether oxygens (including phenoxy) is 1. The normalized spacial score (nSPS) is 28.1. The van der Waals surface area contributed by atoms with Crippen LogP contribution in [0.15, 0.2) is 0 Å². The summed E-state index contributed by atoms with van der Waals surface area (Å²) in [5.74, 6) is 2.41. The Hall–Kier alpha value is -1.43. The molecule has 1 aliphatic carbocycles. The minimum absolute atomic E-state index is 0.118. The molecule has 3 atom stereocenters. The predicted octanol–water partition coefficient (Wildman–Crippen LogP) is 2.65. The smallest absolute Gasteiger partial charge is 0.248 e. The van der Waals surface area contributed by atoms with E-state index in [4.69, 9.17) is 4.74 Å². The molecule has 1 aromatic rings. The monoisotopic (exact) mass is 334 g/mol. The minimum Gasteiger partial charge on any atom is -0.368 e. The van der Waals surface area contributed by atoms with Crippen LogP contribution in [0, 0.1) is 19.8 Å². The lowest BCUT2D eigenvalue weighted by atomic mass is 9.88. The van der Waals surface area contributed by atoms with Gasteiger partial charge in [-0.25, -0.2) is 9.67 Å². The molecule has 6 nitrogen and oxygen atoms in total. The molecule has 6 heteroatoms. The summed E-state index contributed by atoms with van der Waals surface area (Å²) in [7, 11) is 0. The number of carbonyl (C=O) groups is 1. The third-order valence-electron chi connectivity index (χ3n) is 5.46. The van der Waals surface area contributed by atoms with Crippen LogP contribution in [-0.4, -0.2) is 51.4 Å². The van der Waals surface area contributed by atoms with Gasteiger partial charge in [0.1, 0.15) is 18.3 Å². The third-order valence-corrected chi connectivity index (χ3v) is 5.46. The molecular weight excluding hydrogens is 304 g/mol. The maximum atomic E-state index is 12.6. The number of hydrogen-bond acceptors (Lipinski definition) is 4. The van der Waals surface area contributed by atoms with Crippen LogP contribution < -0.4 is 0 Å². The molecule has 0 aromatic carbocycles. The molecule has 3 rings (SSSR count). The van der Waals surface area contributed by atoms with Crippen LogP contribution in [0.3, 0.4) is 0 Å². The van der Waals surface area contributed by atoms with Crippen LogP contribution in [0.2, 0.25) is 0 Å². The maximum Gasteiger partial charge on any atom is 0.248 e. The van der Waals surface area contributed by atoms with Gasteiger partial charge >= 0.3 is 0 Å². The Morgan fingerprint density at radius 2 is 2.00 bits per heavy atom. The SMILES string of the molecule is Cc1nc(C)n([C@@H]2CCCN(C(=O)CO[C@H]3CCCC[C@H]3C)C2)n1. The van der Waals surface area contributed by atoms with Crippen LogP contribution in [0.4, 0.5) is 0 Å². The Morgan fingerprint density at radius 1 is 1.21 bits per heavy atom. The largest absolute Gasteiger partial charge is 0.368 e. The second-order valence-corrected chi connectivity index (χ2v) is 7.40. The first kappa shape index (κ1) is 17.4. The van der Waals surface area contributed by atoms with Gasteiger partial charge in [-0.05, 0) is 45.4 Å². The number of amides is 1. The molecule has 134 valence electrons. The molecule has 0 spiro atoms. The van der Waals surface area contributed by atoms with E-state index in [0.29, 0.717) is 12.5 Å². The van der Waals surface area contributed by atoms with E-state index in [2.05, 4.69) is 17.0 Å². The number of piperidine rings is 1. The number of nitrogens with zero attached hydrogens (tertiary/aromatic N) is 4. The summed E-state index contributed by atoms with van der Waals surface area (Å²) in [6.45, 7) is 7.89. The Balaban J connectivity index is 1.54. The molecule has 2 aliphatic rings. The molecule has 0 N–H and O–H groups in total. The Morgan fingerprint density at radius 3 is 2.71 bits per heavy atom. The fraction of sp³-hybridized carbons (Fsp3) is 0.833. The summed E-state index contributed by atoms with van der Waals surface area (Å²) in [6.07, 6.45) is 7.13. The molecule has 1 saturated heterocycles. The van der Waals surface area contributed by atoms with Gasteiger partial charge in [0.15, 0.2) is 0 Å². The fourth-order valence-electron chi connectivity index (χ4n) is 4.06. The molecule has 1 saturated carbocycles. The van der Waals surface area contributed by atoms with Crippen molar-refractivity contribution in [2.24, 2.45) is 5.92 Å². The predicted molar refractivity (Wildman–Crippen MR) is 91.7 cm³/mol. The van der Waals surface area contributed by atoms with Crippen molar-refractivity contribution in [1.29, 1.82) is 0 Å². The van der Waals surface area contributed by atoms with Crippen molar-refractivity contribution in [2.75, 3.05) is 19.7 Å². The number of rotatable bonds is 4. The molecule has 2 heterocycles. The summed E-state index contributed by atoms with van der Waals surface area (Å²) in [5, 5.41) is 4.49. The Kier molecular flexibility index (Phi) is 5.54. The van der Waals surface area contributed by atoms with E-state index in [9.17, 15) is 4.79 Å². The van der Waals surface area contributed by atoms with Gasteiger partial charge in [0.2, 0.25) is 5.91 Å². The van der Waals surface area contributed by atoms with Crippen molar-refractivity contribution < 1.29 is 9.53 Å². The quantitative estimate of drug-likeness (QED) is 0.849. The average Bonchev–Trinajstić information content (AvgIpc) is 2.92. The zero-order valence-electron chi connectivity index (χ0n) is 15.2. The number of aryl methyl sites for hydroxylation is 2. The van der Waals surface area contributed by atoms with Crippen molar-refractivity contribution >= 4 is 5.91 Å². The molecule has 24 heavy (non-hydrogen) atoms. The molecule has 0 unspecified atom stereocenters. The highest BCUT2D eigenvalue weighted by molar-refractivity contribution is 5.77. The fourth-order valence-corrected chi connectivity index (χ4v) is 4.06. The lowest BCUT2D eigenvalue weighted by Crippen LogP contribution is -2.43. The van der Waals surface area contributed by atoms with E-state index < -0.39 is 0 Å². The lowest BCUT2D eigenvalue weighted by Gasteiger charge is -2.34. The summed E-state index contributed by atoms with van der Waals surface area (Å²) in [5.41, 5.74) is 0. The minimum atomic E-state index is 0.118. The van der Waals surface area contributed by atoms with E-state index in [1.54, 1.807) is 0 Å². The van der Waals surface area contributed by atoms with Crippen LogP contribution in [0.1, 0.15) is 63.1 Å². The summed E-state index contributed by atoms with van der Waals surface area (Å²) < 4.78 is 7.94. The average molecular weight is 334 g/mol. The zero-order valence-corrected chi connectivity index (χ0v) is 15.2. The van der Waals surface area contributed by atoms with Gasteiger partial charge < -0.3 is 9.64 Å². The van der Waals surface area contributed by atoms with E-state index in [0.717, 1.165) is 37.5 Å². The van der Waals surface area contributed by atoms with Crippen LogP contribution >= 0.6 is 0 Å². The lowest BCUT2D eigenvalue weighted by molar-refractivity contribution is -0.141. The Bertz CT molecular complexity index is 571. The highest BCUT2D eigenvalue weighted by Crippen LogP contribution is 2.27. The number of carbonyl (C=O) groups excluding carboxylic acids is 1. The van der Waals surface area contributed by atoms with Crippen molar-refractivity contribution in [3.8, 4) is 0 Å². The second-order valence-electron chi connectivity index (χ2n) is 7.40. The van der Waals surface area contributed by atoms with E-state index in [1.807, 2.05) is 23.4 Å². The van der Waals surface area contributed by atoms with Crippen LogP contribution in [0.25, 0.3) is 0 Å². The molecule has 1 amide bonds. The van der Waals surface area contributed by atoms with E-state index >= 15 is 0 Å². The van der Waals surface area contributed by atoms with Gasteiger partial charge in [0.05, 0.1) is 12.1 Å². The molecule has 1 aromatic heterocycles. The summed E-state index contributed by atoms with van der Waals surface area (Å²) >= 11 is 0. The van der Waals surface area contributed by atoms with Crippen LogP contribution in [-0.2, 0) is 9.53 Å². The van der Waals surface area contributed by atoms with Gasteiger partial charge in [0, 0.05) is 13.1 Å². The second kappa shape index (κ2) is 7.64. The topological polar surface area (TPSA) is 60.2 Å². The van der Waals surface area contributed by atoms with Gasteiger partial charge in [-0.1, -0.05) is 19.8 Å². The van der Waals surface area contributed by atoms with Crippen LogP contribution in [0.5, 0.6) is 0 Å². The molecule has 0 bridgehead atoms. The highest BCUT2D eigenvalue weighted by atomic mass is 16.5. The first-order valence-corrected chi connectivity index (χ1v) is 9.33. The first-order valence-electron chi connectivity index (χ1n) is 9.33. The van der Waals surface area contributed by atoms with E-state index in [-0.39, 0.29) is 24.7 Å². The summed E-state index contributed by atoms with van der Waals surface area (Å²) in [6, 6.07) is 0.234. The molecular formula is C18H30N4O2. The molecule has 0 radical (unpaired) electrons. The first-order chi connectivity index (χ1) is 11.5. The molecule has 2 fully saturated rings. The van der Waals surface area contributed by atoms with Crippen molar-refractivity contribution in [3.05, 3.63) is 11.6 Å². The van der Waals surface area contributed by atoms with Crippen molar-refractivity contribution in [2.45, 2.75) is 71.4 Å². The van der Waals surface area contributed by atoms with Gasteiger partial charge in [-0.2, -0.15) is 5.10 Å². The zero-order chi connectivity index (χ0) is 17.1. The van der Waals surface area contributed by atoms with Gasteiger partial charge in [-0.3, -0.25) is 4.79 Å². The number of hydrogen-bond donors (Lipinski definition) is 0.